The van der Waals surface area contributed by atoms with Crippen molar-refractivity contribution in [1.82, 2.24) is 4.90 Å². The molecule has 0 spiro atoms. The molecule has 3 rings (SSSR count). The Morgan fingerprint density at radius 1 is 1.37 bits per heavy atom. The monoisotopic (exact) mass is 260 g/mol. The van der Waals surface area contributed by atoms with E-state index in [0.717, 1.165) is 5.56 Å². The van der Waals surface area contributed by atoms with Crippen molar-refractivity contribution < 1.29 is 9.53 Å². The minimum atomic E-state index is -0.336. The largest absolute Gasteiger partial charge is 0.351 e. The van der Waals surface area contributed by atoms with E-state index < -0.39 is 0 Å². The highest BCUT2D eigenvalue weighted by Crippen LogP contribution is 2.49. The van der Waals surface area contributed by atoms with Gasteiger partial charge in [-0.15, -0.1) is 0 Å². The van der Waals surface area contributed by atoms with Crippen LogP contribution in [-0.2, 0) is 9.53 Å². The molecule has 0 aromatic heterocycles. The quantitative estimate of drug-likeness (QED) is 0.877. The minimum Gasteiger partial charge on any atom is -0.351 e. The number of ether oxygens (including phenoxy) is 1. The topological polar surface area (TPSA) is 55.6 Å². The van der Waals surface area contributed by atoms with E-state index in [0.29, 0.717) is 13.2 Å². The molecule has 2 aliphatic rings. The molecule has 2 aliphatic heterocycles. The maximum absolute atomic E-state index is 12.5. The lowest BCUT2D eigenvalue weighted by Gasteiger charge is -2.34. The molecule has 2 unspecified atom stereocenters. The van der Waals surface area contributed by atoms with Crippen LogP contribution in [0.3, 0.4) is 0 Å². The number of nitrogens with two attached hydrogens (primary N) is 1. The van der Waals surface area contributed by atoms with E-state index in [9.17, 15) is 4.79 Å². The lowest BCUT2D eigenvalue weighted by atomic mass is 9.82. The van der Waals surface area contributed by atoms with E-state index in [1.165, 1.54) is 0 Å². The molecular formula is C15H20N2O2. The predicted octanol–water partition coefficient (Wildman–Crippen LogP) is 1.53. The Balaban J connectivity index is 2.02. The van der Waals surface area contributed by atoms with Crippen LogP contribution in [0.5, 0.6) is 0 Å². The summed E-state index contributed by atoms with van der Waals surface area (Å²) < 4.78 is 5.91. The predicted molar refractivity (Wildman–Crippen MR) is 72.1 cm³/mol. The summed E-state index contributed by atoms with van der Waals surface area (Å²) in [5, 5.41) is 0. The Labute approximate surface area is 113 Å². The fourth-order valence-electron chi connectivity index (χ4n) is 3.39. The molecule has 4 heteroatoms. The van der Waals surface area contributed by atoms with Crippen molar-refractivity contribution >= 4 is 5.91 Å². The summed E-state index contributed by atoms with van der Waals surface area (Å²) in [6.45, 7) is 5.07. The number of benzene rings is 1. The highest BCUT2D eigenvalue weighted by molar-refractivity contribution is 5.83. The van der Waals surface area contributed by atoms with E-state index in [1.54, 1.807) is 0 Å². The Hall–Kier alpha value is -1.39. The molecule has 2 heterocycles. The SMILES string of the molecule is CC1C(=O)N2C(c3ccccc3)OC[C@@]2(CN)[C@H]1C. The highest BCUT2D eigenvalue weighted by Gasteiger charge is 2.60. The number of hydrogen-bond donors (Lipinski definition) is 1. The van der Waals surface area contributed by atoms with Gasteiger partial charge in [-0.2, -0.15) is 0 Å². The molecule has 2 N–H and O–H groups in total. The van der Waals surface area contributed by atoms with Gasteiger partial charge in [-0.3, -0.25) is 4.79 Å². The van der Waals surface area contributed by atoms with Crippen molar-refractivity contribution in [3.8, 4) is 0 Å². The number of fused-ring (bicyclic) bond motifs is 1. The molecular weight excluding hydrogens is 240 g/mol. The number of carbonyl (C=O) groups is 1. The van der Waals surface area contributed by atoms with E-state index in [2.05, 4.69) is 6.92 Å². The third-order valence-corrected chi connectivity index (χ3v) is 4.87. The summed E-state index contributed by atoms with van der Waals surface area (Å²) in [5.41, 5.74) is 6.68. The summed E-state index contributed by atoms with van der Waals surface area (Å²) >= 11 is 0. The number of amides is 1. The van der Waals surface area contributed by atoms with Crippen LogP contribution in [0.15, 0.2) is 30.3 Å². The molecule has 0 radical (unpaired) electrons. The van der Waals surface area contributed by atoms with E-state index in [-0.39, 0.29) is 29.5 Å². The first-order valence-electron chi connectivity index (χ1n) is 6.81. The molecule has 4 nitrogen and oxygen atoms in total. The van der Waals surface area contributed by atoms with E-state index in [1.807, 2.05) is 42.2 Å². The Morgan fingerprint density at radius 3 is 2.68 bits per heavy atom. The third-order valence-electron chi connectivity index (χ3n) is 4.87. The van der Waals surface area contributed by atoms with E-state index in [4.69, 9.17) is 10.5 Å². The molecule has 1 aromatic carbocycles. The first-order valence-corrected chi connectivity index (χ1v) is 6.81. The zero-order valence-corrected chi connectivity index (χ0v) is 11.4. The van der Waals surface area contributed by atoms with Gasteiger partial charge in [0.25, 0.3) is 0 Å². The minimum absolute atomic E-state index is 0.0127. The normalized spacial score (nSPS) is 37.7. The van der Waals surface area contributed by atoms with Gasteiger partial charge in [-0.25, -0.2) is 0 Å². The second kappa shape index (κ2) is 4.32. The van der Waals surface area contributed by atoms with Gasteiger partial charge in [0.2, 0.25) is 5.91 Å². The average Bonchev–Trinajstić information content (AvgIpc) is 2.93. The van der Waals surface area contributed by atoms with Crippen molar-refractivity contribution in [2.24, 2.45) is 17.6 Å². The van der Waals surface area contributed by atoms with Gasteiger partial charge < -0.3 is 15.4 Å². The fourth-order valence-corrected chi connectivity index (χ4v) is 3.39. The molecule has 1 aromatic rings. The van der Waals surface area contributed by atoms with Crippen LogP contribution in [0.1, 0.15) is 25.6 Å². The molecule has 2 saturated heterocycles. The van der Waals surface area contributed by atoms with Gasteiger partial charge >= 0.3 is 0 Å². The van der Waals surface area contributed by atoms with Crippen LogP contribution in [-0.4, -0.2) is 29.5 Å². The number of hydrogen-bond acceptors (Lipinski definition) is 3. The Bertz CT molecular complexity index is 490. The van der Waals surface area contributed by atoms with Crippen LogP contribution in [0.2, 0.25) is 0 Å². The molecule has 1 amide bonds. The van der Waals surface area contributed by atoms with Crippen LogP contribution in [0.4, 0.5) is 0 Å². The van der Waals surface area contributed by atoms with Crippen LogP contribution in [0, 0.1) is 11.8 Å². The summed E-state index contributed by atoms with van der Waals surface area (Å²) in [6, 6.07) is 9.89. The standard InChI is InChI=1S/C15H20N2O2/c1-10-11(2)15(8-16)9-19-14(17(15)13(10)18)12-6-4-3-5-7-12/h3-7,10-11,14H,8-9,16H2,1-2H3/t10?,11-,14?,15-/m0/s1. The van der Waals surface area contributed by atoms with Crippen LogP contribution in [0.25, 0.3) is 0 Å². The van der Waals surface area contributed by atoms with Crippen molar-refractivity contribution in [3.63, 3.8) is 0 Å². The second-order valence-corrected chi connectivity index (χ2v) is 5.67. The molecule has 0 saturated carbocycles. The third kappa shape index (κ3) is 1.56. The van der Waals surface area contributed by atoms with Gasteiger partial charge in [-0.1, -0.05) is 44.2 Å². The maximum atomic E-state index is 12.5. The molecule has 4 atom stereocenters. The zero-order valence-electron chi connectivity index (χ0n) is 11.4. The van der Waals surface area contributed by atoms with Gasteiger partial charge in [0.1, 0.15) is 0 Å². The second-order valence-electron chi connectivity index (χ2n) is 5.67. The van der Waals surface area contributed by atoms with Crippen molar-refractivity contribution in [2.75, 3.05) is 13.2 Å². The van der Waals surface area contributed by atoms with Crippen LogP contribution < -0.4 is 5.73 Å². The summed E-state index contributed by atoms with van der Waals surface area (Å²) in [4.78, 5) is 14.4. The Morgan fingerprint density at radius 2 is 2.05 bits per heavy atom. The van der Waals surface area contributed by atoms with Crippen molar-refractivity contribution in [1.29, 1.82) is 0 Å². The maximum Gasteiger partial charge on any atom is 0.228 e. The van der Waals surface area contributed by atoms with Gasteiger partial charge in [-0.05, 0) is 5.92 Å². The summed E-state index contributed by atoms with van der Waals surface area (Å²) in [6.07, 6.45) is -0.287. The van der Waals surface area contributed by atoms with Crippen molar-refractivity contribution in [2.45, 2.75) is 25.6 Å². The average molecular weight is 260 g/mol. The Kier molecular flexibility index (Phi) is 2.87. The fraction of sp³-hybridized carbons (Fsp3) is 0.533. The van der Waals surface area contributed by atoms with E-state index >= 15 is 0 Å². The van der Waals surface area contributed by atoms with Crippen molar-refractivity contribution in [3.05, 3.63) is 35.9 Å². The van der Waals surface area contributed by atoms with Gasteiger partial charge in [0, 0.05) is 18.0 Å². The number of rotatable bonds is 2. The summed E-state index contributed by atoms with van der Waals surface area (Å²) in [5.74, 6) is 0.390. The molecule has 2 fully saturated rings. The lowest BCUT2D eigenvalue weighted by Crippen LogP contribution is -2.52. The molecule has 19 heavy (non-hydrogen) atoms. The zero-order chi connectivity index (χ0) is 13.6. The van der Waals surface area contributed by atoms with Gasteiger partial charge in [0.15, 0.2) is 6.23 Å². The first-order chi connectivity index (χ1) is 9.12. The van der Waals surface area contributed by atoms with Crippen LogP contribution >= 0.6 is 0 Å². The van der Waals surface area contributed by atoms with Gasteiger partial charge in [0.05, 0.1) is 12.1 Å². The smallest absolute Gasteiger partial charge is 0.228 e. The number of carbonyl (C=O) groups excluding carboxylic acids is 1. The molecule has 102 valence electrons. The highest BCUT2D eigenvalue weighted by atomic mass is 16.5. The summed E-state index contributed by atoms with van der Waals surface area (Å²) in [7, 11) is 0. The number of nitrogens with zero attached hydrogens (tertiary/aromatic N) is 1. The lowest BCUT2D eigenvalue weighted by molar-refractivity contribution is -0.138. The molecule has 0 aliphatic carbocycles. The molecule has 0 bridgehead atoms. The first kappa shape index (κ1) is 12.6.